The number of halogens is 3. The van der Waals surface area contributed by atoms with Gasteiger partial charge in [-0.2, -0.15) is 0 Å². The van der Waals surface area contributed by atoms with Crippen LogP contribution in [0.5, 0.6) is 0 Å². The smallest absolute Gasteiger partial charge is 0.194 e. The Morgan fingerprint density at radius 1 is 0.400 bits per heavy atom. The summed E-state index contributed by atoms with van der Waals surface area (Å²) < 4.78 is 2.65. The van der Waals surface area contributed by atoms with E-state index in [-0.39, 0.29) is 10.9 Å². The quantitative estimate of drug-likeness (QED) is 0.122. The average Bonchev–Trinajstić information content (AvgIpc) is 2.86. The van der Waals surface area contributed by atoms with Crippen molar-refractivity contribution in [3.63, 3.8) is 0 Å². The van der Waals surface area contributed by atoms with Gasteiger partial charge >= 0.3 is 0 Å². The van der Waals surface area contributed by atoms with E-state index in [0.29, 0.717) is 16.2 Å². The van der Waals surface area contributed by atoms with Gasteiger partial charge in [-0.3, -0.25) is 9.59 Å². The number of rotatable bonds is 0. The Labute approximate surface area is 222 Å². The third kappa shape index (κ3) is 2.44. The minimum atomic E-state index is 0.0254. The normalized spacial score (nSPS) is 12.7. The highest BCUT2D eigenvalue weighted by molar-refractivity contribution is 9.13. The highest BCUT2D eigenvalue weighted by Gasteiger charge is 2.22. The first-order chi connectivity index (χ1) is 16.9. The molecule has 0 N–H and O–H groups in total. The monoisotopic (exact) mass is 640 g/mol. The van der Waals surface area contributed by atoms with Crippen molar-refractivity contribution < 1.29 is 0 Å². The molecular weight excluding hydrogens is 632 g/mol. The first-order valence-corrected chi connectivity index (χ1v) is 13.5. The van der Waals surface area contributed by atoms with Crippen molar-refractivity contribution >= 4 is 123 Å². The molecule has 0 bridgehead atoms. The standard InChI is InChI=1S/C30H11Br3O2/c31-14-3-6-15-19-7-12-1-5-17-28-20(18-10-23(32)24(33)11-22(18)30(17)35)8-13-2-4-16(29(34)21(15)9-14)27(19)25(13)26(12)28/h1-11H. The molecule has 0 aliphatic rings. The van der Waals surface area contributed by atoms with E-state index < -0.39 is 0 Å². The molecule has 0 radical (unpaired) electrons. The lowest BCUT2D eigenvalue weighted by Crippen LogP contribution is -2.06. The van der Waals surface area contributed by atoms with Crippen LogP contribution in [-0.2, 0) is 0 Å². The van der Waals surface area contributed by atoms with Gasteiger partial charge in [0.15, 0.2) is 10.9 Å². The predicted octanol–water partition coefficient (Wildman–Crippen LogP) is 9.08. The maximum absolute atomic E-state index is 13.6. The highest BCUT2D eigenvalue weighted by atomic mass is 79.9. The third-order valence-electron chi connectivity index (χ3n) is 7.46. The molecule has 0 atom stereocenters. The Kier molecular flexibility index (Phi) is 3.88. The van der Waals surface area contributed by atoms with E-state index >= 15 is 0 Å². The van der Waals surface area contributed by atoms with Crippen LogP contribution >= 0.6 is 47.8 Å². The van der Waals surface area contributed by atoms with Gasteiger partial charge in [-0.1, -0.05) is 34.1 Å². The van der Waals surface area contributed by atoms with Crippen LogP contribution in [0.1, 0.15) is 0 Å². The molecule has 2 nitrogen and oxygen atoms in total. The largest absolute Gasteiger partial charge is 0.289 e. The molecular formula is C30H11Br3O2. The lowest BCUT2D eigenvalue weighted by atomic mass is 9.84. The SMILES string of the molecule is O=c1c2cc(Br)ccc2c2cc3ccc4c(=O)c5cc(Br)c(Br)cc5c5cc6ccc1c2c6c3c45. The fraction of sp³-hybridized carbons (Fsp3) is 0. The summed E-state index contributed by atoms with van der Waals surface area (Å²) in [6.45, 7) is 0. The van der Waals surface area contributed by atoms with Gasteiger partial charge in [-0.05, 0) is 123 Å². The van der Waals surface area contributed by atoms with E-state index in [2.05, 4.69) is 66.0 Å². The van der Waals surface area contributed by atoms with Crippen molar-refractivity contribution in [2.45, 2.75) is 0 Å². The zero-order valence-corrected chi connectivity index (χ0v) is 22.6. The van der Waals surface area contributed by atoms with Crippen LogP contribution in [0, 0.1) is 0 Å². The minimum absolute atomic E-state index is 0.0254. The maximum atomic E-state index is 13.6. The second-order valence-corrected chi connectivity index (χ2v) is 11.8. The van der Waals surface area contributed by atoms with Gasteiger partial charge < -0.3 is 0 Å². The molecule has 35 heavy (non-hydrogen) atoms. The van der Waals surface area contributed by atoms with Crippen molar-refractivity contribution in [3.05, 3.63) is 101 Å². The Morgan fingerprint density at radius 3 is 1.49 bits per heavy atom. The summed E-state index contributed by atoms with van der Waals surface area (Å²) in [5.74, 6) is 0. The summed E-state index contributed by atoms with van der Waals surface area (Å²) in [5, 5.41) is 13.1. The first kappa shape index (κ1) is 20.3. The van der Waals surface area contributed by atoms with Crippen LogP contribution in [-0.4, -0.2) is 0 Å². The van der Waals surface area contributed by atoms with E-state index in [9.17, 15) is 9.59 Å². The number of hydrogen-bond donors (Lipinski definition) is 0. The zero-order valence-electron chi connectivity index (χ0n) is 17.8. The van der Waals surface area contributed by atoms with Crippen molar-refractivity contribution in [1.82, 2.24) is 0 Å². The molecule has 0 unspecified atom stereocenters. The number of fused-ring (bicyclic) bond motifs is 4. The molecule has 8 rings (SSSR count). The first-order valence-electron chi connectivity index (χ1n) is 11.1. The third-order valence-corrected chi connectivity index (χ3v) is 9.80. The Hall–Kier alpha value is -2.86. The highest BCUT2D eigenvalue weighted by Crippen LogP contribution is 2.45. The maximum Gasteiger partial charge on any atom is 0.194 e. The second-order valence-electron chi connectivity index (χ2n) is 9.18. The van der Waals surface area contributed by atoms with Crippen LogP contribution in [0.25, 0.3) is 75.4 Å². The zero-order chi connectivity index (χ0) is 23.7. The van der Waals surface area contributed by atoms with E-state index in [1.54, 1.807) is 0 Å². The van der Waals surface area contributed by atoms with Gasteiger partial charge in [0.1, 0.15) is 0 Å². The molecule has 0 aliphatic carbocycles. The summed E-state index contributed by atoms with van der Waals surface area (Å²) in [4.78, 5) is 27.2. The lowest BCUT2D eigenvalue weighted by Gasteiger charge is -2.19. The molecule has 0 fully saturated rings. The summed E-state index contributed by atoms with van der Waals surface area (Å²) in [6, 6.07) is 22.2. The fourth-order valence-electron chi connectivity index (χ4n) is 6.02. The molecule has 5 heteroatoms. The van der Waals surface area contributed by atoms with Gasteiger partial charge in [0, 0.05) is 45.7 Å². The van der Waals surface area contributed by atoms with E-state index in [0.717, 1.165) is 72.7 Å². The molecule has 0 saturated heterocycles. The van der Waals surface area contributed by atoms with Crippen LogP contribution in [0.2, 0.25) is 0 Å². The topological polar surface area (TPSA) is 34.1 Å². The molecule has 0 amide bonds. The number of benzene rings is 8. The van der Waals surface area contributed by atoms with Gasteiger partial charge in [-0.15, -0.1) is 0 Å². The van der Waals surface area contributed by atoms with Crippen molar-refractivity contribution in [1.29, 1.82) is 0 Å². The van der Waals surface area contributed by atoms with Crippen molar-refractivity contribution in [3.8, 4) is 0 Å². The van der Waals surface area contributed by atoms with Crippen molar-refractivity contribution in [2.24, 2.45) is 0 Å². The van der Waals surface area contributed by atoms with Gasteiger partial charge in [0.05, 0.1) is 0 Å². The van der Waals surface area contributed by atoms with E-state index in [1.807, 2.05) is 48.5 Å². The predicted molar refractivity (Wildman–Crippen MR) is 158 cm³/mol. The van der Waals surface area contributed by atoms with Crippen LogP contribution < -0.4 is 10.9 Å². The Balaban J connectivity index is 1.75. The molecule has 0 aliphatic heterocycles. The van der Waals surface area contributed by atoms with Crippen LogP contribution in [0.15, 0.2) is 89.7 Å². The Bertz CT molecular complexity index is 2340. The second kappa shape index (κ2) is 6.67. The minimum Gasteiger partial charge on any atom is -0.289 e. The molecule has 164 valence electrons. The molecule has 8 aromatic rings. The summed E-state index contributed by atoms with van der Waals surface area (Å²) in [5.41, 5.74) is 0.0620. The summed E-state index contributed by atoms with van der Waals surface area (Å²) in [7, 11) is 0. The summed E-state index contributed by atoms with van der Waals surface area (Å²) >= 11 is 10.7. The van der Waals surface area contributed by atoms with Crippen molar-refractivity contribution in [2.75, 3.05) is 0 Å². The van der Waals surface area contributed by atoms with E-state index in [1.165, 1.54) is 0 Å². The molecule has 0 aromatic heterocycles. The van der Waals surface area contributed by atoms with Gasteiger partial charge in [-0.25, -0.2) is 0 Å². The lowest BCUT2D eigenvalue weighted by molar-refractivity contribution is 1.64. The molecule has 8 aromatic carbocycles. The molecule has 0 heterocycles. The molecule has 0 saturated carbocycles. The van der Waals surface area contributed by atoms with E-state index in [4.69, 9.17) is 0 Å². The molecule has 0 spiro atoms. The van der Waals surface area contributed by atoms with Gasteiger partial charge in [0.25, 0.3) is 0 Å². The fourth-order valence-corrected chi connectivity index (χ4v) is 7.07. The van der Waals surface area contributed by atoms with Crippen LogP contribution in [0.3, 0.4) is 0 Å². The summed E-state index contributed by atoms with van der Waals surface area (Å²) in [6.07, 6.45) is 0. The Morgan fingerprint density at radius 2 is 0.886 bits per heavy atom. The van der Waals surface area contributed by atoms with Crippen LogP contribution in [0.4, 0.5) is 0 Å². The van der Waals surface area contributed by atoms with Gasteiger partial charge in [0.2, 0.25) is 0 Å². The number of hydrogen-bond acceptors (Lipinski definition) is 2. The average molecular weight is 643 g/mol.